The number of nitrogens with zero attached hydrogens (tertiary/aromatic N) is 7. The topological polar surface area (TPSA) is 344 Å². The lowest BCUT2D eigenvalue weighted by atomic mass is 10.0. The van der Waals surface area contributed by atoms with E-state index in [2.05, 4.69) is 66.7 Å². The number of ether oxygens (including phenoxy) is 6. The van der Waals surface area contributed by atoms with Crippen molar-refractivity contribution in [2.45, 2.75) is 43.2 Å². The predicted octanol–water partition coefficient (Wildman–Crippen LogP) is 19.5. The van der Waals surface area contributed by atoms with E-state index in [4.69, 9.17) is 31.9 Å². The first-order valence-electron chi connectivity index (χ1n) is 32.5. The van der Waals surface area contributed by atoms with Crippen molar-refractivity contribution in [1.82, 2.24) is 24.5 Å². The summed E-state index contributed by atoms with van der Waals surface area (Å²) in [4.78, 5) is 106. The summed E-state index contributed by atoms with van der Waals surface area (Å²) >= 11 is 13.2. The van der Waals surface area contributed by atoms with Gasteiger partial charge in [-0.25, -0.2) is 4.79 Å². The number of nitrogen functional groups attached to an aromatic ring is 1. The zero-order valence-electron chi connectivity index (χ0n) is 66.6. The Kier molecular flexibility index (Phi) is 42.2. The molecule has 0 aliphatic carbocycles. The highest BCUT2D eigenvalue weighted by Gasteiger charge is 2.47. The Hall–Kier alpha value is -11.0. The molecule has 7 aromatic rings. The van der Waals surface area contributed by atoms with Crippen LogP contribution in [0.3, 0.4) is 0 Å². The molecule has 0 bridgehead atoms. The number of benzene rings is 7. The van der Waals surface area contributed by atoms with Crippen molar-refractivity contribution in [3.63, 3.8) is 0 Å². The molecule has 7 rings (SSSR count). The molecule has 53 heteroatoms. The van der Waals surface area contributed by atoms with Crippen LogP contribution in [0.25, 0.3) is 0 Å². The van der Waals surface area contributed by atoms with Gasteiger partial charge in [-0.3, -0.25) is 49.0 Å². The van der Waals surface area contributed by atoms with Gasteiger partial charge in [-0.05, 0) is 104 Å². The summed E-state index contributed by atoms with van der Waals surface area (Å²) in [6, 6.07) is 14.9. The van der Waals surface area contributed by atoms with E-state index in [1.807, 2.05) is 0 Å². The number of carboxylic acids is 1. The fourth-order valence-electron chi connectivity index (χ4n) is 9.74. The number of methoxy groups -OCH3 is 6. The molecule has 0 radical (unpaired) electrons. The van der Waals surface area contributed by atoms with Gasteiger partial charge in [0.05, 0.1) is 119 Å². The van der Waals surface area contributed by atoms with Gasteiger partial charge in [0.25, 0.3) is 34.8 Å². The number of carbonyl (C=O) groups excluding carboxylic acids is 6. The molecular weight excluding hydrogens is 2030 g/mol. The number of nitrogens with two attached hydrogens (primary N) is 1. The molecule has 0 fully saturated rings. The lowest BCUT2D eigenvalue weighted by molar-refractivity contribution is -0.386. The monoisotopic (exact) mass is 2100 g/mol. The van der Waals surface area contributed by atoms with E-state index in [0.717, 1.165) is 76.2 Å². The predicted molar refractivity (Wildman–Crippen MR) is 419 cm³/mol. The summed E-state index contributed by atoms with van der Waals surface area (Å²) in [5.41, 5.74) is -9.76. The summed E-state index contributed by atoms with van der Waals surface area (Å²) in [5, 5.41) is 38.8. The molecule has 5 amide bonds. The SMILES string of the molecule is Br.CN(C)C(=O)c1c(C(F)(F)F)ccc(N)c1O.COc1c([N+](=O)[O-])cc(Br)c(C(F)(F)F)c1C(=O)N(C)C.COc1c([N+](=O)[O-])cc(Br)c(C(F)(F)F)c1C(=O)N(C)C.COc1ccc(Br)c(C(F)(F)F)c1C(=O)N(C)C.COc1cccc(C(F)(F)F)c1C(=O)Cl.COc1cccc(C(F)(F)F)c1C(=O)N(C)C.COc1cccc(C(F)(F)F)c1C(=O)O. The van der Waals surface area contributed by atoms with Crippen LogP contribution in [0.2, 0.25) is 0 Å². The average molecular weight is 2100 g/mol. The molecule has 0 spiro atoms. The van der Waals surface area contributed by atoms with Gasteiger partial charge in [-0.1, -0.05) is 34.1 Å². The van der Waals surface area contributed by atoms with Crippen LogP contribution in [-0.2, 0) is 43.2 Å². The van der Waals surface area contributed by atoms with Crippen LogP contribution in [0.1, 0.15) is 111 Å². The van der Waals surface area contributed by atoms with Crippen LogP contribution in [0.15, 0.2) is 104 Å². The van der Waals surface area contributed by atoms with Crippen LogP contribution >= 0.6 is 76.4 Å². The van der Waals surface area contributed by atoms with Gasteiger partial charge in [0.2, 0.25) is 11.5 Å². The van der Waals surface area contributed by atoms with E-state index < -0.39 is 209 Å². The molecule has 0 atom stereocenters. The first kappa shape index (κ1) is 114. The lowest BCUT2D eigenvalue weighted by Gasteiger charge is -2.19. The number of hydrogen-bond donors (Lipinski definition) is 3. The second-order valence-electron chi connectivity index (χ2n) is 24.5. The molecular formula is C72H68Br4ClF21N8O19. The first-order chi connectivity index (χ1) is 56.4. The quantitative estimate of drug-likeness (QED) is 0.0214. The number of halogens is 26. The van der Waals surface area contributed by atoms with Crippen LogP contribution in [0.5, 0.6) is 40.2 Å². The Labute approximate surface area is 733 Å². The third kappa shape index (κ3) is 30.1. The van der Waals surface area contributed by atoms with E-state index >= 15 is 0 Å². The Morgan fingerprint density at radius 1 is 0.368 bits per heavy atom. The molecule has 4 N–H and O–H groups in total. The van der Waals surface area contributed by atoms with Crippen molar-refractivity contribution in [1.29, 1.82) is 0 Å². The van der Waals surface area contributed by atoms with Gasteiger partial charge in [-0.2, -0.15) is 92.2 Å². The molecule has 0 saturated heterocycles. The number of anilines is 1. The van der Waals surface area contributed by atoms with Crippen molar-refractivity contribution in [2.24, 2.45) is 0 Å². The van der Waals surface area contributed by atoms with Gasteiger partial charge < -0.3 is 68.9 Å². The van der Waals surface area contributed by atoms with Crippen molar-refractivity contribution < 1.29 is 174 Å². The van der Waals surface area contributed by atoms with Gasteiger partial charge in [0.15, 0.2) is 5.75 Å². The number of nitro benzene ring substituents is 2. The number of phenols is 1. The molecule has 0 unspecified atom stereocenters. The maximum Gasteiger partial charge on any atom is 0.418 e. The highest BCUT2D eigenvalue weighted by molar-refractivity contribution is 9.11. The Bertz CT molecular complexity index is 4890. The first-order valence-corrected chi connectivity index (χ1v) is 35.3. The maximum atomic E-state index is 13.2. The van der Waals surface area contributed by atoms with E-state index in [1.165, 1.54) is 128 Å². The summed E-state index contributed by atoms with van der Waals surface area (Å²) < 4.78 is 296. The standard InChI is InChI=1S/2C11H10BrF3N2O4.C11H11BrF3NO2.C11H12F3NO2.C10H11F3N2O2.C9H6ClF3O2.C9H7F3O3.BrH/c2*1-16(2)10(18)7-8(11(13,14)15)5(12)4-6(17(19)20)9(7)21-3;1-16(2)10(17)8-7(18-3)5-4-6(12)9(8)11(13,14)15;1-15(2)10(16)9-7(11(12,13)14)5-4-6-8(9)17-3;1-15(2)9(17)7-5(10(11,12)13)3-4-6(14)8(7)16;1-15-6-4-2-3-5(9(11,12)13)7(6)8(10)14;1-15-6-4-2-3-5(9(10,11)12)7(6)8(13)14;/h2*4H,1-3H3;4-5H,1-3H3;4-6H,1-3H3;3-4,16H,14H2,1-2H3;2-4H,1H3;2-4H,1H3,(H,13,14);1H. The molecule has 0 aliphatic rings. The molecule has 27 nitrogen and oxygen atoms in total. The number of hydrogen-bond acceptors (Lipinski definition) is 19. The van der Waals surface area contributed by atoms with Gasteiger partial charge in [0, 0.05) is 96.0 Å². The second-order valence-corrected chi connectivity index (χ2v) is 27.4. The average Bonchev–Trinajstić information content (AvgIpc) is 0.762. The van der Waals surface area contributed by atoms with Crippen molar-refractivity contribution >= 4 is 134 Å². The second kappa shape index (κ2) is 46.3. The Balaban J connectivity index is 0.00000144. The third-order valence-corrected chi connectivity index (χ3v) is 17.2. The lowest BCUT2D eigenvalue weighted by Crippen LogP contribution is -2.26. The van der Waals surface area contributed by atoms with E-state index in [-0.39, 0.29) is 50.1 Å². The fourth-order valence-corrected chi connectivity index (χ4v) is 11.8. The highest BCUT2D eigenvalue weighted by atomic mass is 79.9. The molecule has 125 heavy (non-hydrogen) atoms. The fraction of sp³-hybridized carbons (Fsp3) is 0.319. The van der Waals surface area contributed by atoms with Gasteiger partial charge in [-0.15, -0.1) is 17.0 Å². The number of rotatable bonds is 15. The Morgan fingerprint density at radius 2 is 0.624 bits per heavy atom. The molecule has 0 aliphatic heterocycles. The summed E-state index contributed by atoms with van der Waals surface area (Å²) in [6.45, 7) is 0. The van der Waals surface area contributed by atoms with Gasteiger partial charge in [0.1, 0.15) is 39.7 Å². The van der Waals surface area contributed by atoms with Crippen molar-refractivity contribution in [3.05, 3.63) is 203 Å². The van der Waals surface area contributed by atoms with E-state index in [1.54, 1.807) is 0 Å². The van der Waals surface area contributed by atoms with Crippen molar-refractivity contribution in [2.75, 3.05) is 119 Å². The summed E-state index contributed by atoms with van der Waals surface area (Å²) in [6.07, 6.45) is -33.1. The van der Waals surface area contributed by atoms with Crippen LogP contribution in [0.4, 0.5) is 109 Å². The zero-order valence-corrected chi connectivity index (χ0v) is 73.8. The molecule has 0 saturated carbocycles. The molecule has 0 aromatic heterocycles. The van der Waals surface area contributed by atoms with Crippen molar-refractivity contribution in [3.8, 4) is 40.2 Å². The van der Waals surface area contributed by atoms with Crippen LogP contribution < -0.4 is 34.2 Å². The maximum absolute atomic E-state index is 13.2. The molecule has 7 aromatic carbocycles. The number of aromatic hydroxyl groups is 1. The molecule has 0 heterocycles. The number of carboxylic acid groups (broad SMARTS) is 1. The number of carbonyl (C=O) groups is 7. The smallest absolute Gasteiger partial charge is 0.418 e. The van der Waals surface area contributed by atoms with Crippen LogP contribution in [0, 0.1) is 20.2 Å². The largest absolute Gasteiger partial charge is 0.505 e. The minimum atomic E-state index is -4.89. The zero-order chi connectivity index (χ0) is 97.0. The molecule has 692 valence electrons. The van der Waals surface area contributed by atoms with E-state index in [9.17, 15) is 151 Å². The third-order valence-electron chi connectivity index (χ3n) is 15.1. The summed E-state index contributed by atoms with van der Waals surface area (Å²) in [5.74, 6) is -9.23. The summed E-state index contributed by atoms with van der Waals surface area (Å²) in [7, 11) is 19.7. The number of amides is 5. The highest BCUT2D eigenvalue weighted by Crippen LogP contribution is 2.49. The number of nitro groups is 2. The Morgan fingerprint density at radius 3 is 0.896 bits per heavy atom. The normalized spacial score (nSPS) is 11.1. The minimum absolute atomic E-state index is 0. The number of phenolic OH excluding ortho intramolecular Hbond substituents is 1. The minimum Gasteiger partial charge on any atom is -0.505 e. The van der Waals surface area contributed by atoms with Gasteiger partial charge >= 0.3 is 60.6 Å². The van der Waals surface area contributed by atoms with E-state index in [0.29, 0.717) is 24.3 Å². The number of alkyl halides is 21. The van der Waals surface area contributed by atoms with Crippen LogP contribution in [-0.4, -0.2) is 198 Å². The number of aromatic carboxylic acids is 1.